The lowest BCUT2D eigenvalue weighted by molar-refractivity contribution is -0.117. The van der Waals surface area contributed by atoms with E-state index in [-0.39, 0.29) is 11.2 Å². The predicted octanol–water partition coefficient (Wildman–Crippen LogP) is 0.756. The molecule has 52 valence electrons. The van der Waals surface area contributed by atoms with Crippen LogP contribution in [0.15, 0.2) is 0 Å². The van der Waals surface area contributed by atoms with Gasteiger partial charge in [-0.3, -0.25) is 4.79 Å². The Balaban J connectivity index is 2.39. The van der Waals surface area contributed by atoms with Crippen LogP contribution in [0.5, 0.6) is 0 Å². The highest BCUT2D eigenvalue weighted by molar-refractivity contribution is 8.01. The third kappa shape index (κ3) is 1.61. The molecule has 1 saturated heterocycles. The van der Waals surface area contributed by atoms with Gasteiger partial charge in [0.25, 0.3) is 0 Å². The minimum atomic E-state index is -0.149. The van der Waals surface area contributed by atoms with E-state index in [1.165, 1.54) is 0 Å². The Bertz CT molecular complexity index is 126. The van der Waals surface area contributed by atoms with E-state index in [0.717, 1.165) is 12.8 Å². The highest BCUT2D eigenvalue weighted by Gasteiger charge is 2.25. The van der Waals surface area contributed by atoms with Crippen molar-refractivity contribution in [2.24, 2.45) is 5.73 Å². The van der Waals surface area contributed by atoms with Crippen molar-refractivity contribution in [2.75, 3.05) is 0 Å². The van der Waals surface area contributed by atoms with Gasteiger partial charge in [-0.25, -0.2) is 0 Å². The zero-order valence-corrected chi connectivity index (χ0v) is 6.28. The van der Waals surface area contributed by atoms with Gasteiger partial charge in [-0.1, -0.05) is 6.92 Å². The number of carbonyl (C=O) groups is 1. The molecule has 0 saturated carbocycles. The number of hydrogen-bond donors (Lipinski definition) is 1. The van der Waals surface area contributed by atoms with Crippen molar-refractivity contribution in [3.05, 3.63) is 0 Å². The molecule has 9 heavy (non-hydrogen) atoms. The fourth-order valence-corrected chi connectivity index (χ4v) is 2.25. The van der Waals surface area contributed by atoms with Gasteiger partial charge in [0.2, 0.25) is 5.91 Å². The lowest BCUT2D eigenvalue weighted by atomic mass is 10.2. The van der Waals surface area contributed by atoms with Crippen molar-refractivity contribution in [2.45, 2.75) is 30.3 Å². The van der Waals surface area contributed by atoms with Gasteiger partial charge in [0, 0.05) is 5.25 Å². The summed E-state index contributed by atoms with van der Waals surface area (Å²) in [6.07, 6.45) is 2.11. The smallest absolute Gasteiger partial charge is 0.230 e. The van der Waals surface area contributed by atoms with Crippen molar-refractivity contribution in [1.29, 1.82) is 0 Å². The summed E-state index contributed by atoms with van der Waals surface area (Å²) >= 11 is 1.70. The van der Waals surface area contributed by atoms with Crippen molar-refractivity contribution in [1.82, 2.24) is 0 Å². The third-order valence-corrected chi connectivity index (χ3v) is 3.05. The summed E-state index contributed by atoms with van der Waals surface area (Å²) < 4.78 is 0. The molecule has 2 N–H and O–H groups in total. The van der Waals surface area contributed by atoms with Gasteiger partial charge in [-0.15, -0.1) is 11.8 Å². The Morgan fingerprint density at radius 2 is 2.33 bits per heavy atom. The number of amides is 1. The van der Waals surface area contributed by atoms with E-state index in [0.29, 0.717) is 5.25 Å². The van der Waals surface area contributed by atoms with Crippen LogP contribution in [0.2, 0.25) is 0 Å². The van der Waals surface area contributed by atoms with Crippen LogP contribution in [0.4, 0.5) is 0 Å². The van der Waals surface area contributed by atoms with Crippen molar-refractivity contribution in [3.8, 4) is 0 Å². The molecule has 0 aromatic rings. The predicted molar refractivity (Wildman–Crippen MR) is 39.3 cm³/mol. The largest absolute Gasteiger partial charge is 0.369 e. The monoisotopic (exact) mass is 145 g/mol. The summed E-state index contributed by atoms with van der Waals surface area (Å²) in [7, 11) is 0. The van der Waals surface area contributed by atoms with Gasteiger partial charge in [-0.2, -0.15) is 0 Å². The Morgan fingerprint density at radius 3 is 2.56 bits per heavy atom. The normalized spacial score (nSPS) is 34.8. The van der Waals surface area contributed by atoms with E-state index >= 15 is 0 Å². The summed E-state index contributed by atoms with van der Waals surface area (Å²) in [5.41, 5.74) is 5.10. The van der Waals surface area contributed by atoms with E-state index in [1.54, 1.807) is 11.8 Å². The zero-order valence-electron chi connectivity index (χ0n) is 5.46. The molecular formula is C6H11NOS. The first-order valence-corrected chi connectivity index (χ1v) is 4.09. The van der Waals surface area contributed by atoms with Gasteiger partial charge < -0.3 is 5.73 Å². The number of hydrogen-bond acceptors (Lipinski definition) is 2. The zero-order chi connectivity index (χ0) is 6.85. The molecule has 3 heteroatoms. The molecule has 2 atom stereocenters. The Labute approximate surface area is 59.2 Å². The topological polar surface area (TPSA) is 43.1 Å². The molecule has 0 aliphatic carbocycles. The van der Waals surface area contributed by atoms with Crippen LogP contribution in [-0.2, 0) is 4.79 Å². The van der Waals surface area contributed by atoms with E-state index in [1.807, 2.05) is 0 Å². The molecule has 2 unspecified atom stereocenters. The molecule has 1 amide bonds. The highest BCUT2D eigenvalue weighted by atomic mass is 32.2. The second-order valence-corrected chi connectivity index (χ2v) is 4.06. The number of thioether (sulfide) groups is 1. The number of nitrogens with two attached hydrogens (primary N) is 1. The van der Waals surface area contributed by atoms with Crippen molar-refractivity contribution >= 4 is 17.7 Å². The van der Waals surface area contributed by atoms with Crippen LogP contribution < -0.4 is 5.73 Å². The Kier molecular flexibility index (Phi) is 2.01. The first-order valence-electron chi connectivity index (χ1n) is 3.15. The molecule has 0 aromatic heterocycles. The first kappa shape index (κ1) is 6.93. The van der Waals surface area contributed by atoms with Crippen LogP contribution in [0, 0.1) is 0 Å². The minimum absolute atomic E-state index is 0.0972. The molecule has 2 nitrogen and oxygen atoms in total. The summed E-state index contributed by atoms with van der Waals surface area (Å²) in [6.45, 7) is 2.13. The van der Waals surface area contributed by atoms with Crippen molar-refractivity contribution in [3.63, 3.8) is 0 Å². The van der Waals surface area contributed by atoms with Gasteiger partial charge in [0.05, 0.1) is 5.25 Å². The van der Waals surface area contributed by atoms with Gasteiger partial charge in [0.15, 0.2) is 0 Å². The number of primary amides is 1. The van der Waals surface area contributed by atoms with Crippen LogP contribution in [-0.4, -0.2) is 16.4 Å². The molecule has 1 fully saturated rings. The minimum Gasteiger partial charge on any atom is -0.369 e. The summed E-state index contributed by atoms with van der Waals surface area (Å²) in [6, 6.07) is 0. The maximum Gasteiger partial charge on any atom is 0.230 e. The molecule has 1 heterocycles. The highest BCUT2D eigenvalue weighted by Crippen LogP contribution is 2.32. The maximum atomic E-state index is 10.5. The van der Waals surface area contributed by atoms with E-state index < -0.39 is 0 Å². The molecule has 0 aromatic carbocycles. The first-order chi connectivity index (χ1) is 4.20. The Morgan fingerprint density at radius 1 is 1.67 bits per heavy atom. The molecule has 1 aliphatic rings. The van der Waals surface area contributed by atoms with Crippen LogP contribution in [0.25, 0.3) is 0 Å². The van der Waals surface area contributed by atoms with Crippen LogP contribution in [0.1, 0.15) is 19.8 Å². The van der Waals surface area contributed by atoms with E-state index in [9.17, 15) is 4.79 Å². The fraction of sp³-hybridized carbons (Fsp3) is 0.833. The summed E-state index contributed by atoms with van der Waals surface area (Å²) in [5, 5.41) is 0.725. The molecule has 0 bridgehead atoms. The molecule has 0 radical (unpaired) electrons. The van der Waals surface area contributed by atoms with Crippen LogP contribution >= 0.6 is 11.8 Å². The second kappa shape index (κ2) is 2.60. The van der Waals surface area contributed by atoms with Gasteiger partial charge >= 0.3 is 0 Å². The Hall–Kier alpha value is -0.180. The summed E-state index contributed by atoms with van der Waals surface area (Å²) in [4.78, 5) is 10.5. The van der Waals surface area contributed by atoms with E-state index in [2.05, 4.69) is 6.92 Å². The van der Waals surface area contributed by atoms with Gasteiger partial charge in [-0.05, 0) is 12.8 Å². The quantitative estimate of drug-likeness (QED) is 0.592. The molecular weight excluding hydrogens is 134 g/mol. The third-order valence-electron chi connectivity index (χ3n) is 1.55. The SMILES string of the molecule is CC1CCC(C(N)=O)S1. The lowest BCUT2D eigenvalue weighted by Crippen LogP contribution is -2.23. The van der Waals surface area contributed by atoms with Crippen LogP contribution in [0.3, 0.4) is 0 Å². The fourth-order valence-electron chi connectivity index (χ4n) is 1.01. The van der Waals surface area contributed by atoms with Crippen molar-refractivity contribution < 1.29 is 4.79 Å². The standard InChI is InChI=1S/C6H11NOS/c1-4-2-3-5(9-4)6(7)8/h4-5H,2-3H2,1H3,(H2,7,8). The molecule has 1 aliphatic heterocycles. The van der Waals surface area contributed by atoms with Gasteiger partial charge in [0.1, 0.15) is 0 Å². The maximum absolute atomic E-state index is 10.5. The summed E-state index contributed by atoms with van der Waals surface area (Å²) in [5.74, 6) is -0.149. The average molecular weight is 145 g/mol. The number of carbonyl (C=O) groups excluding carboxylic acids is 1. The molecule has 1 rings (SSSR count). The average Bonchev–Trinajstić information content (AvgIpc) is 2.14. The molecule has 0 spiro atoms. The number of rotatable bonds is 1. The lowest BCUT2D eigenvalue weighted by Gasteiger charge is -2.01. The second-order valence-electron chi connectivity index (χ2n) is 2.42. The van der Waals surface area contributed by atoms with E-state index in [4.69, 9.17) is 5.73 Å².